The van der Waals surface area contributed by atoms with Gasteiger partial charge in [-0.1, -0.05) is 93.6 Å². The maximum Gasteiger partial charge on any atom is 0.505 e. The summed E-state index contributed by atoms with van der Waals surface area (Å²) in [5.74, 6) is 0.425. The number of aryl methyl sites for hydroxylation is 1. The third-order valence-corrected chi connectivity index (χ3v) is 5.29. The second-order valence-electron chi connectivity index (χ2n) is 7.44. The highest BCUT2D eigenvalue weighted by Crippen LogP contribution is 2.33. The first-order valence-corrected chi connectivity index (χ1v) is 10.7. The fourth-order valence-electron chi connectivity index (χ4n) is 3.82. The first-order valence-electron chi connectivity index (χ1n) is 10.7. The van der Waals surface area contributed by atoms with E-state index in [0.717, 1.165) is 38.5 Å². The summed E-state index contributed by atoms with van der Waals surface area (Å²) in [5.41, 5.74) is 4.35. The van der Waals surface area contributed by atoms with Crippen molar-refractivity contribution in [1.82, 2.24) is 0 Å². The summed E-state index contributed by atoms with van der Waals surface area (Å²) < 4.78 is 4.59. The van der Waals surface area contributed by atoms with Crippen molar-refractivity contribution in [2.24, 2.45) is 0 Å². The van der Waals surface area contributed by atoms with Gasteiger partial charge in [0, 0.05) is 5.92 Å². The average molecular weight is 383 g/mol. The van der Waals surface area contributed by atoms with Gasteiger partial charge in [-0.15, -0.1) is 0 Å². The molecule has 1 atom stereocenters. The number of ether oxygens (including phenoxy) is 1. The Labute approximate surface area is 169 Å². The van der Waals surface area contributed by atoms with E-state index in [1.54, 1.807) is 0 Å². The first kappa shape index (κ1) is 22.0. The Kier molecular flexibility index (Phi) is 10.2. The Morgan fingerprint density at radius 3 is 2.36 bits per heavy atom. The molecule has 2 aromatic carbocycles. The van der Waals surface area contributed by atoms with Crippen molar-refractivity contribution < 1.29 is 14.6 Å². The van der Waals surface area contributed by atoms with E-state index in [4.69, 9.17) is 5.11 Å². The first-order chi connectivity index (χ1) is 13.7. The minimum atomic E-state index is -1.18. The maximum atomic E-state index is 10.4. The normalized spacial score (nSPS) is 11.9. The molecule has 3 heteroatoms. The van der Waals surface area contributed by atoms with Crippen LogP contribution in [0.5, 0.6) is 0 Å². The molecule has 0 spiro atoms. The summed E-state index contributed by atoms with van der Waals surface area (Å²) in [5, 5.41) is 8.52. The maximum absolute atomic E-state index is 10.4. The lowest BCUT2D eigenvalue weighted by atomic mass is 9.83. The molecule has 28 heavy (non-hydrogen) atoms. The van der Waals surface area contributed by atoms with E-state index in [2.05, 4.69) is 66.3 Å². The average Bonchev–Trinajstić information content (AvgIpc) is 2.71. The zero-order valence-corrected chi connectivity index (χ0v) is 17.1. The number of benzene rings is 2. The van der Waals surface area contributed by atoms with Crippen molar-refractivity contribution in [3.63, 3.8) is 0 Å². The lowest BCUT2D eigenvalue weighted by Gasteiger charge is -2.21. The third-order valence-electron chi connectivity index (χ3n) is 5.29. The van der Waals surface area contributed by atoms with Crippen LogP contribution in [0.3, 0.4) is 0 Å². The van der Waals surface area contributed by atoms with Crippen LogP contribution in [0.2, 0.25) is 0 Å². The van der Waals surface area contributed by atoms with Crippen LogP contribution < -0.4 is 0 Å². The SMILES string of the molecule is CCCCCc1ccccc1C(CCCCCCOC(=O)O)c1ccccc1. The largest absolute Gasteiger partial charge is 0.505 e. The standard InChI is InChI=1S/C25H34O3/c1-2-3-7-14-21-17-11-12-19-24(21)23(22-15-8-6-9-16-22)18-10-4-5-13-20-28-25(26)27/h6,8-9,11-12,15-17,19,23H,2-5,7,10,13-14,18,20H2,1H3,(H,26,27). The minimum Gasteiger partial charge on any atom is -0.450 e. The second-order valence-corrected chi connectivity index (χ2v) is 7.44. The molecule has 0 aliphatic rings. The third kappa shape index (κ3) is 7.75. The number of rotatable bonds is 13. The van der Waals surface area contributed by atoms with Crippen molar-refractivity contribution in [1.29, 1.82) is 0 Å². The summed E-state index contributed by atoms with van der Waals surface area (Å²) in [6, 6.07) is 19.8. The molecule has 3 nitrogen and oxygen atoms in total. The van der Waals surface area contributed by atoms with E-state index >= 15 is 0 Å². The van der Waals surface area contributed by atoms with Crippen LogP contribution >= 0.6 is 0 Å². The van der Waals surface area contributed by atoms with Gasteiger partial charge in [0.1, 0.15) is 0 Å². The number of hydrogen-bond donors (Lipinski definition) is 1. The number of carbonyl (C=O) groups is 1. The molecule has 0 aromatic heterocycles. The second kappa shape index (κ2) is 13.0. The summed E-state index contributed by atoms with van der Waals surface area (Å²) in [6.45, 7) is 2.55. The quantitative estimate of drug-likeness (QED) is 0.294. The highest BCUT2D eigenvalue weighted by Gasteiger charge is 2.16. The van der Waals surface area contributed by atoms with Crippen LogP contribution in [0.1, 0.15) is 80.9 Å². The van der Waals surface area contributed by atoms with E-state index in [1.165, 1.54) is 36.0 Å². The molecule has 0 aliphatic carbocycles. The van der Waals surface area contributed by atoms with Gasteiger partial charge in [-0.2, -0.15) is 0 Å². The molecule has 0 amide bonds. The Balaban J connectivity index is 2.00. The van der Waals surface area contributed by atoms with E-state index in [0.29, 0.717) is 12.5 Å². The smallest absolute Gasteiger partial charge is 0.450 e. The lowest BCUT2D eigenvalue weighted by Crippen LogP contribution is -2.06. The predicted octanol–water partition coefficient (Wildman–Crippen LogP) is 7.20. The van der Waals surface area contributed by atoms with Crippen LogP contribution in [0.4, 0.5) is 4.79 Å². The van der Waals surface area contributed by atoms with E-state index in [1.807, 2.05) is 0 Å². The Bertz CT molecular complexity index is 681. The summed E-state index contributed by atoms with van der Waals surface area (Å²) in [6.07, 6.45) is 8.92. The Morgan fingerprint density at radius 1 is 0.893 bits per heavy atom. The predicted molar refractivity (Wildman–Crippen MR) is 115 cm³/mol. The Hall–Kier alpha value is -2.29. The van der Waals surface area contributed by atoms with Crippen molar-refractivity contribution in [3.8, 4) is 0 Å². The van der Waals surface area contributed by atoms with Crippen LogP contribution in [0.15, 0.2) is 54.6 Å². The highest BCUT2D eigenvalue weighted by atomic mass is 16.7. The van der Waals surface area contributed by atoms with Gasteiger partial charge < -0.3 is 9.84 Å². The van der Waals surface area contributed by atoms with Gasteiger partial charge in [0.2, 0.25) is 0 Å². The molecule has 0 heterocycles. The van der Waals surface area contributed by atoms with Crippen LogP contribution in [-0.2, 0) is 11.2 Å². The molecular weight excluding hydrogens is 348 g/mol. The van der Waals surface area contributed by atoms with E-state index in [9.17, 15) is 4.79 Å². The number of carboxylic acid groups (broad SMARTS) is 1. The number of hydrogen-bond acceptors (Lipinski definition) is 2. The molecule has 1 N–H and O–H groups in total. The summed E-state index contributed by atoms with van der Waals surface area (Å²) >= 11 is 0. The van der Waals surface area contributed by atoms with E-state index in [-0.39, 0.29) is 0 Å². The number of unbranched alkanes of at least 4 members (excludes halogenated alkanes) is 5. The van der Waals surface area contributed by atoms with Crippen LogP contribution in [0, 0.1) is 0 Å². The van der Waals surface area contributed by atoms with Crippen LogP contribution in [-0.4, -0.2) is 17.9 Å². The van der Waals surface area contributed by atoms with Gasteiger partial charge in [-0.25, -0.2) is 4.79 Å². The topological polar surface area (TPSA) is 46.5 Å². The molecule has 1 unspecified atom stereocenters. The van der Waals surface area contributed by atoms with Crippen molar-refractivity contribution in [3.05, 3.63) is 71.3 Å². The molecule has 0 saturated carbocycles. The summed E-state index contributed by atoms with van der Waals surface area (Å²) in [7, 11) is 0. The van der Waals surface area contributed by atoms with Gasteiger partial charge >= 0.3 is 6.16 Å². The van der Waals surface area contributed by atoms with Gasteiger partial charge in [-0.05, 0) is 42.4 Å². The molecule has 2 aromatic rings. The molecule has 0 radical (unpaired) electrons. The molecule has 0 fully saturated rings. The van der Waals surface area contributed by atoms with Crippen molar-refractivity contribution in [2.75, 3.05) is 6.61 Å². The van der Waals surface area contributed by atoms with Crippen molar-refractivity contribution in [2.45, 2.75) is 70.6 Å². The monoisotopic (exact) mass is 382 g/mol. The fraction of sp³-hybridized carbons (Fsp3) is 0.480. The molecule has 0 saturated heterocycles. The zero-order valence-electron chi connectivity index (χ0n) is 17.1. The van der Waals surface area contributed by atoms with Crippen LogP contribution in [0.25, 0.3) is 0 Å². The highest BCUT2D eigenvalue weighted by molar-refractivity contribution is 5.56. The molecule has 2 rings (SSSR count). The zero-order chi connectivity index (χ0) is 20.0. The Morgan fingerprint density at radius 2 is 1.61 bits per heavy atom. The van der Waals surface area contributed by atoms with Gasteiger partial charge in [0.25, 0.3) is 0 Å². The summed E-state index contributed by atoms with van der Waals surface area (Å²) in [4.78, 5) is 10.4. The molecule has 152 valence electrons. The van der Waals surface area contributed by atoms with Gasteiger partial charge in [0.05, 0.1) is 6.61 Å². The molecule has 0 bridgehead atoms. The van der Waals surface area contributed by atoms with E-state index < -0.39 is 6.16 Å². The molecule has 0 aliphatic heterocycles. The lowest BCUT2D eigenvalue weighted by molar-refractivity contribution is 0.0899. The molecular formula is C25H34O3. The van der Waals surface area contributed by atoms with Gasteiger partial charge in [-0.3, -0.25) is 0 Å². The van der Waals surface area contributed by atoms with Gasteiger partial charge in [0.15, 0.2) is 0 Å². The minimum absolute atomic E-state index is 0.303. The fourth-order valence-corrected chi connectivity index (χ4v) is 3.82. The van der Waals surface area contributed by atoms with Crippen molar-refractivity contribution >= 4 is 6.16 Å².